The Morgan fingerprint density at radius 1 is 1.25 bits per heavy atom. The Balaban J connectivity index is 2.86. The van der Waals surface area contributed by atoms with Crippen molar-refractivity contribution < 1.29 is 0 Å². The quantitative estimate of drug-likeness (QED) is 0.747. The lowest BCUT2D eigenvalue weighted by Gasteiger charge is -1.99. The largest absolute Gasteiger partial charge is 0.383 e. The van der Waals surface area contributed by atoms with Crippen molar-refractivity contribution in [3.63, 3.8) is 0 Å². The fraction of sp³-hybridized carbons (Fsp3) is 0. The number of nitrogens with two attached hydrogens (primary N) is 1. The van der Waals surface area contributed by atoms with Crippen LogP contribution in [0.1, 0.15) is 0 Å². The molecule has 1 aromatic heterocycles. The molecule has 1 heterocycles. The average molecular weight is 270 g/mol. The third-order valence-electron chi connectivity index (χ3n) is 1.76. The SMILES string of the molecule is Nc1nccc2cc(I)ccc12. The first-order chi connectivity index (χ1) is 5.77. The summed E-state index contributed by atoms with van der Waals surface area (Å²) in [5.41, 5.74) is 5.69. The van der Waals surface area contributed by atoms with E-state index in [1.54, 1.807) is 6.20 Å². The number of rotatable bonds is 0. The molecule has 0 unspecified atom stereocenters. The van der Waals surface area contributed by atoms with Crippen molar-refractivity contribution in [1.82, 2.24) is 4.98 Å². The molecular weight excluding hydrogens is 263 g/mol. The molecule has 0 fully saturated rings. The highest BCUT2D eigenvalue weighted by atomic mass is 127. The summed E-state index contributed by atoms with van der Waals surface area (Å²) in [4.78, 5) is 4.01. The van der Waals surface area contributed by atoms with Gasteiger partial charge in [0.1, 0.15) is 5.82 Å². The van der Waals surface area contributed by atoms with Crippen LogP contribution in [0.3, 0.4) is 0 Å². The molecule has 12 heavy (non-hydrogen) atoms. The van der Waals surface area contributed by atoms with E-state index in [4.69, 9.17) is 5.73 Å². The van der Waals surface area contributed by atoms with Crippen molar-refractivity contribution in [2.24, 2.45) is 0 Å². The maximum atomic E-state index is 5.69. The van der Waals surface area contributed by atoms with Gasteiger partial charge in [0.25, 0.3) is 0 Å². The average Bonchev–Trinajstić information content (AvgIpc) is 2.04. The molecule has 0 bridgehead atoms. The summed E-state index contributed by atoms with van der Waals surface area (Å²) in [6.07, 6.45) is 1.73. The zero-order valence-corrected chi connectivity index (χ0v) is 8.45. The highest BCUT2D eigenvalue weighted by Crippen LogP contribution is 2.20. The highest BCUT2D eigenvalue weighted by Gasteiger charge is 1.97. The second kappa shape index (κ2) is 2.90. The minimum Gasteiger partial charge on any atom is -0.383 e. The second-order valence-corrected chi connectivity index (χ2v) is 3.81. The summed E-state index contributed by atoms with van der Waals surface area (Å²) in [6, 6.07) is 8.09. The molecule has 0 aliphatic heterocycles. The Kier molecular flexibility index (Phi) is 1.88. The minimum absolute atomic E-state index is 0.601. The minimum atomic E-state index is 0.601. The first-order valence-electron chi connectivity index (χ1n) is 3.57. The van der Waals surface area contributed by atoms with Crippen LogP contribution in [0, 0.1) is 3.57 Å². The van der Waals surface area contributed by atoms with Gasteiger partial charge in [-0.2, -0.15) is 0 Å². The molecule has 0 amide bonds. The molecule has 0 radical (unpaired) electrons. The van der Waals surface area contributed by atoms with Crippen LogP contribution in [-0.2, 0) is 0 Å². The molecule has 1 aromatic carbocycles. The lowest BCUT2D eigenvalue weighted by Crippen LogP contribution is -1.90. The number of pyridine rings is 1. The fourth-order valence-corrected chi connectivity index (χ4v) is 1.69. The molecule has 0 atom stereocenters. The molecule has 3 heteroatoms. The first kappa shape index (κ1) is 7.79. The van der Waals surface area contributed by atoms with E-state index in [0.29, 0.717) is 5.82 Å². The first-order valence-corrected chi connectivity index (χ1v) is 4.65. The molecule has 2 nitrogen and oxygen atoms in total. The van der Waals surface area contributed by atoms with Crippen molar-refractivity contribution in [3.05, 3.63) is 34.0 Å². The van der Waals surface area contributed by atoms with Gasteiger partial charge < -0.3 is 5.73 Å². The molecule has 0 aliphatic rings. The fourth-order valence-electron chi connectivity index (χ4n) is 1.17. The van der Waals surface area contributed by atoms with Crippen LogP contribution in [0.2, 0.25) is 0 Å². The zero-order valence-electron chi connectivity index (χ0n) is 6.29. The van der Waals surface area contributed by atoms with Crippen molar-refractivity contribution in [1.29, 1.82) is 0 Å². The van der Waals surface area contributed by atoms with Crippen LogP contribution in [0.25, 0.3) is 10.8 Å². The molecule has 0 spiro atoms. The molecule has 0 saturated carbocycles. The third kappa shape index (κ3) is 1.24. The molecule has 2 rings (SSSR count). The molecule has 60 valence electrons. The van der Waals surface area contributed by atoms with Crippen molar-refractivity contribution in [2.45, 2.75) is 0 Å². The Morgan fingerprint density at radius 3 is 2.92 bits per heavy atom. The Labute approximate surface area is 83.9 Å². The number of nitrogens with zero attached hydrogens (tertiary/aromatic N) is 1. The van der Waals surface area contributed by atoms with E-state index in [2.05, 4.69) is 33.6 Å². The number of hydrogen-bond donors (Lipinski definition) is 1. The van der Waals surface area contributed by atoms with Gasteiger partial charge in [-0.1, -0.05) is 0 Å². The topological polar surface area (TPSA) is 38.9 Å². The van der Waals surface area contributed by atoms with E-state index < -0.39 is 0 Å². The number of anilines is 1. The number of halogens is 1. The predicted molar refractivity (Wildman–Crippen MR) is 58.9 cm³/mol. The van der Waals surface area contributed by atoms with Crippen LogP contribution in [0.4, 0.5) is 5.82 Å². The third-order valence-corrected chi connectivity index (χ3v) is 2.43. The van der Waals surface area contributed by atoms with Gasteiger partial charge in [0.2, 0.25) is 0 Å². The van der Waals surface area contributed by atoms with Gasteiger partial charge in [-0.3, -0.25) is 0 Å². The smallest absolute Gasteiger partial charge is 0.131 e. The summed E-state index contributed by atoms with van der Waals surface area (Å²) < 4.78 is 1.21. The van der Waals surface area contributed by atoms with Crippen molar-refractivity contribution >= 4 is 39.2 Å². The Bertz CT molecular complexity index is 426. The van der Waals surface area contributed by atoms with Gasteiger partial charge in [0, 0.05) is 15.2 Å². The van der Waals surface area contributed by atoms with Gasteiger partial charge in [-0.25, -0.2) is 4.98 Å². The van der Waals surface area contributed by atoms with Crippen molar-refractivity contribution in [2.75, 3.05) is 5.73 Å². The molecular formula is C9H7IN2. The van der Waals surface area contributed by atoms with Gasteiger partial charge in [0.15, 0.2) is 0 Å². The van der Waals surface area contributed by atoms with Crippen LogP contribution in [-0.4, -0.2) is 4.98 Å². The summed E-state index contributed by atoms with van der Waals surface area (Å²) in [5.74, 6) is 0.601. The maximum Gasteiger partial charge on any atom is 0.131 e. The van der Waals surface area contributed by atoms with E-state index in [1.807, 2.05) is 18.2 Å². The molecule has 2 aromatic rings. The van der Waals surface area contributed by atoms with Gasteiger partial charge >= 0.3 is 0 Å². The second-order valence-electron chi connectivity index (χ2n) is 2.56. The summed E-state index contributed by atoms with van der Waals surface area (Å²) in [6.45, 7) is 0. The monoisotopic (exact) mass is 270 g/mol. The Hall–Kier alpha value is -0.840. The summed E-state index contributed by atoms with van der Waals surface area (Å²) >= 11 is 2.28. The lowest BCUT2D eigenvalue weighted by atomic mass is 10.2. The number of nitrogen functional groups attached to an aromatic ring is 1. The van der Waals surface area contributed by atoms with Crippen LogP contribution >= 0.6 is 22.6 Å². The van der Waals surface area contributed by atoms with E-state index in [0.717, 1.165) is 10.8 Å². The summed E-state index contributed by atoms with van der Waals surface area (Å²) in [5, 5.41) is 2.17. The number of hydrogen-bond acceptors (Lipinski definition) is 2. The normalized spacial score (nSPS) is 10.4. The van der Waals surface area contributed by atoms with Gasteiger partial charge in [-0.05, 0) is 52.2 Å². The maximum absolute atomic E-state index is 5.69. The van der Waals surface area contributed by atoms with E-state index in [-0.39, 0.29) is 0 Å². The Morgan fingerprint density at radius 2 is 2.08 bits per heavy atom. The summed E-state index contributed by atoms with van der Waals surface area (Å²) in [7, 11) is 0. The van der Waals surface area contributed by atoms with Crippen LogP contribution in [0.5, 0.6) is 0 Å². The zero-order chi connectivity index (χ0) is 8.55. The van der Waals surface area contributed by atoms with Crippen molar-refractivity contribution in [3.8, 4) is 0 Å². The number of benzene rings is 1. The molecule has 2 N–H and O–H groups in total. The van der Waals surface area contributed by atoms with Crippen LogP contribution < -0.4 is 5.73 Å². The van der Waals surface area contributed by atoms with E-state index >= 15 is 0 Å². The number of fused-ring (bicyclic) bond motifs is 1. The number of aromatic nitrogens is 1. The van der Waals surface area contributed by atoms with E-state index in [9.17, 15) is 0 Å². The lowest BCUT2D eigenvalue weighted by molar-refractivity contribution is 1.37. The van der Waals surface area contributed by atoms with E-state index in [1.165, 1.54) is 3.57 Å². The predicted octanol–water partition coefficient (Wildman–Crippen LogP) is 2.42. The highest BCUT2D eigenvalue weighted by molar-refractivity contribution is 14.1. The van der Waals surface area contributed by atoms with Gasteiger partial charge in [0.05, 0.1) is 0 Å². The molecule has 0 aliphatic carbocycles. The van der Waals surface area contributed by atoms with Crippen LogP contribution in [0.15, 0.2) is 30.5 Å². The van der Waals surface area contributed by atoms with Gasteiger partial charge in [-0.15, -0.1) is 0 Å². The molecule has 0 saturated heterocycles. The standard InChI is InChI=1S/C9H7IN2/c10-7-1-2-8-6(5-7)3-4-12-9(8)11/h1-5H,(H2,11,12).